The molecule has 0 saturated heterocycles. The van der Waals surface area contributed by atoms with E-state index in [1.807, 2.05) is 13.0 Å². The third kappa shape index (κ3) is 2.20. The van der Waals surface area contributed by atoms with Gasteiger partial charge in [0.1, 0.15) is 0 Å². The van der Waals surface area contributed by atoms with E-state index in [0.717, 1.165) is 13.0 Å². The lowest BCUT2D eigenvalue weighted by molar-refractivity contribution is 0.315. The standard InChI is InChI=1S/C13H19N3O/c1-9-7-11-5-3-4-6-12(11)16(8-9)10(2)13(14)15-17/h3-6,9-10,17H,7-8H2,1-2H3,(H2,14,15). The Morgan fingerprint density at radius 2 is 2.24 bits per heavy atom. The van der Waals surface area contributed by atoms with Crippen molar-refractivity contribution in [3.05, 3.63) is 29.8 Å². The first kappa shape index (κ1) is 11.8. The Labute approximate surface area is 102 Å². The van der Waals surface area contributed by atoms with Crippen LogP contribution in [0.25, 0.3) is 0 Å². The summed E-state index contributed by atoms with van der Waals surface area (Å²) in [6.45, 7) is 5.13. The summed E-state index contributed by atoms with van der Waals surface area (Å²) in [5.74, 6) is 0.841. The number of hydrogen-bond acceptors (Lipinski definition) is 3. The van der Waals surface area contributed by atoms with Gasteiger partial charge in [0.2, 0.25) is 0 Å². The molecular weight excluding hydrogens is 214 g/mol. The zero-order valence-electron chi connectivity index (χ0n) is 10.3. The molecule has 0 aliphatic carbocycles. The van der Waals surface area contributed by atoms with Crippen molar-refractivity contribution in [1.29, 1.82) is 0 Å². The largest absolute Gasteiger partial charge is 0.409 e. The van der Waals surface area contributed by atoms with Gasteiger partial charge < -0.3 is 15.8 Å². The second-order valence-corrected chi connectivity index (χ2v) is 4.79. The Hall–Kier alpha value is -1.71. The van der Waals surface area contributed by atoms with Crippen molar-refractivity contribution in [1.82, 2.24) is 0 Å². The second-order valence-electron chi connectivity index (χ2n) is 4.79. The van der Waals surface area contributed by atoms with Crippen LogP contribution < -0.4 is 10.6 Å². The molecule has 0 radical (unpaired) electrons. The predicted molar refractivity (Wildman–Crippen MR) is 69.5 cm³/mol. The van der Waals surface area contributed by atoms with Crippen LogP contribution in [0.4, 0.5) is 5.69 Å². The Bertz CT molecular complexity index is 430. The van der Waals surface area contributed by atoms with Crippen LogP contribution in [0.5, 0.6) is 0 Å². The zero-order valence-corrected chi connectivity index (χ0v) is 10.3. The third-order valence-electron chi connectivity index (χ3n) is 3.39. The highest BCUT2D eigenvalue weighted by Crippen LogP contribution is 2.30. The number of para-hydroxylation sites is 1. The average molecular weight is 233 g/mol. The van der Waals surface area contributed by atoms with E-state index in [2.05, 4.69) is 35.2 Å². The van der Waals surface area contributed by atoms with Gasteiger partial charge in [0.05, 0.1) is 6.04 Å². The van der Waals surface area contributed by atoms with Crippen molar-refractivity contribution in [2.45, 2.75) is 26.3 Å². The molecule has 0 bridgehead atoms. The first-order valence-corrected chi connectivity index (χ1v) is 5.95. The molecule has 1 aliphatic rings. The van der Waals surface area contributed by atoms with E-state index in [-0.39, 0.29) is 11.9 Å². The maximum absolute atomic E-state index is 8.79. The van der Waals surface area contributed by atoms with E-state index >= 15 is 0 Å². The first-order chi connectivity index (χ1) is 8.13. The van der Waals surface area contributed by atoms with E-state index < -0.39 is 0 Å². The molecule has 2 rings (SSSR count). The number of nitrogens with zero attached hydrogens (tertiary/aromatic N) is 2. The number of rotatable bonds is 2. The van der Waals surface area contributed by atoms with Crippen LogP contribution in [0.2, 0.25) is 0 Å². The van der Waals surface area contributed by atoms with E-state index in [4.69, 9.17) is 10.9 Å². The van der Waals surface area contributed by atoms with Crippen molar-refractivity contribution < 1.29 is 5.21 Å². The lowest BCUT2D eigenvalue weighted by Gasteiger charge is -2.38. The fraction of sp³-hybridized carbons (Fsp3) is 0.462. The SMILES string of the molecule is CC1Cc2ccccc2N(C(C)C(N)=NO)C1. The fourth-order valence-electron chi connectivity index (χ4n) is 2.45. The summed E-state index contributed by atoms with van der Waals surface area (Å²) in [4.78, 5) is 2.21. The van der Waals surface area contributed by atoms with Gasteiger partial charge in [0.15, 0.2) is 5.84 Å². The minimum atomic E-state index is -0.0797. The zero-order chi connectivity index (χ0) is 12.4. The number of benzene rings is 1. The van der Waals surface area contributed by atoms with Crippen LogP contribution in [0, 0.1) is 5.92 Å². The Balaban J connectivity index is 2.36. The molecule has 4 nitrogen and oxygen atoms in total. The molecule has 0 fully saturated rings. The molecule has 92 valence electrons. The smallest absolute Gasteiger partial charge is 0.161 e. The van der Waals surface area contributed by atoms with Crippen molar-refractivity contribution in [2.24, 2.45) is 16.8 Å². The van der Waals surface area contributed by atoms with Crippen molar-refractivity contribution in [2.75, 3.05) is 11.4 Å². The highest BCUT2D eigenvalue weighted by molar-refractivity contribution is 5.88. The molecular formula is C13H19N3O. The van der Waals surface area contributed by atoms with Crippen LogP contribution in [0.1, 0.15) is 19.4 Å². The molecule has 2 atom stereocenters. The molecule has 1 heterocycles. The second kappa shape index (κ2) is 4.65. The molecule has 3 N–H and O–H groups in total. The van der Waals surface area contributed by atoms with Gasteiger partial charge in [-0.3, -0.25) is 0 Å². The summed E-state index contributed by atoms with van der Waals surface area (Å²) in [6, 6.07) is 8.26. The summed E-state index contributed by atoms with van der Waals surface area (Å²) in [6.07, 6.45) is 1.09. The minimum absolute atomic E-state index is 0.0797. The van der Waals surface area contributed by atoms with Gasteiger partial charge in [-0.2, -0.15) is 0 Å². The number of nitrogens with two attached hydrogens (primary N) is 1. The number of anilines is 1. The first-order valence-electron chi connectivity index (χ1n) is 5.95. The van der Waals surface area contributed by atoms with Crippen LogP contribution in [0.15, 0.2) is 29.4 Å². The topological polar surface area (TPSA) is 61.8 Å². The highest BCUT2D eigenvalue weighted by atomic mass is 16.4. The maximum Gasteiger partial charge on any atom is 0.161 e. The van der Waals surface area contributed by atoms with Crippen molar-refractivity contribution >= 4 is 11.5 Å². The summed E-state index contributed by atoms with van der Waals surface area (Å²) in [5, 5.41) is 11.9. The molecule has 1 aromatic rings. The number of oxime groups is 1. The Kier molecular flexibility index (Phi) is 3.22. The summed E-state index contributed by atoms with van der Waals surface area (Å²) < 4.78 is 0. The van der Waals surface area contributed by atoms with Gasteiger partial charge >= 0.3 is 0 Å². The monoisotopic (exact) mass is 233 g/mol. The molecule has 0 spiro atoms. The minimum Gasteiger partial charge on any atom is -0.409 e. The van der Waals surface area contributed by atoms with E-state index in [1.54, 1.807) is 0 Å². The van der Waals surface area contributed by atoms with E-state index in [0.29, 0.717) is 5.92 Å². The van der Waals surface area contributed by atoms with E-state index in [9.17, 15) is 0 Å². The molecule has 17 heavy (non-hydrogen) atoms. The maximum atomic E-state index is 8.79. The normalized spacial score (nSPS) is 22.1. The Morgan fingerprint density at radius 1 is 1.53 bits per heavy atom. The van der Waals surface area contributed by atoms with Crippen molar-refractivity contribution in [3.8, 4) is 0 Å². The number of amidine groups is 1. The molecule has 0 amide bonds. The van der Waals surface area contributed by atoms with Gasteiger partial charge in [-0.15, -0.1) is 0 Å². The fourth-order valence-corrected chi connectivity index (χ4v) is 2.45. The van der Waals surface area contributed by atoms with Crippen LogP contribution >= 0.6 is 0 Å². The summed E-state index contributed by atoms with van der Waals surface area (Å²) >= 11 is 0. The molecule has 2 unspecified atom stereocenters. The quantitative estimate of drug-likeness (QED) is 0.354. The van der Waals surface area contributed by atoms with Gasteiger partial charge in [0.25, 0.3) is 0 Å². The number of hydrogen-bond donors (Lipinski definition) is 2. The molecule has 4 heteroatoms. The average Bonchev–Trinajstić information content (AvgIpc) is 2.35. The van der Waals surface area contributed by atoms with Gasteiger partial charge in [-0.05, 0) is 30.9 Å². The highest BCUT2D eigenvalue weighted by Gasteiger charge is 2.26. The molecule has 1 aliphatic heterocycles. The Morgan fingerprint density at radius 3 is 2.94 bits per heavy atom. The van der Waals surface area contributed by atoms with Crippen LogP contribution in [-0.4, -0.2) is 23.6 Å². The summed E-state index contributed by atoms with van der Waals surface area (Å²) in [5.41, 5.74) is 8.24. The lowest BCUT2D eigenvalue weighted by atomic mass is 9.93. The third-order valence-corrected chi connectivity index (χ3v) is 3.39. The van der Waals surface area contributed by atoms with Crippen LogP contribution in [-0.2, 0) is 6.42 Å². The van der Waals surface area contributed by atoms with E-state index in [1.165, 1.54) is 11.3 Å². The molecule has 1 aromatic carbocycles. The lowest BCUT2D eigenvalue weighted by Crippen LogP contribution is -2.47. The summed E-state index contributed by atoms with van der Waals surface area (Å²) in [7, 11) is 0. The number of fused-ring (bicyclic) bond motifs is 1. The molecule has 0 aromatic heterocycles. The van der Waals surface area contributed by atoms with Gasteiger partial charge in [-0.1, -0.05) is 30.3 Å². The van der Waals surface area contributed by atoms with Gasteiger partial charge in [-0.25, -0.2) is 0 Å². The van der Waals surface area contributed by atoms with Crippen molar-refractivity contribution in [3.63, 3.8) is 0 Å². The molecule has 0 saturated carbocycles. The predicted octanol–water partition coefficient (Wildman–Crippen LogP) is 1.82. The van der Waals surface area contributed by atoms with Crippen LogP contribution in [0.3, 0.4) is 0 Å². The van der Waals surface area contributed by atoms with Gasteiger partial charge in [0, 0.05) is 12.2 Å².